The number of benzene rings is 2. The summed E-state index contributed by atoms with van der Waals surface area (Å²) < 4.78 is 0. The van der Waals surface area contributed by atoms with Gasteiger partial charge in [-0.2, -0.15) is 0 Å². The van der Waals surface area contributed by atoms with Crippen LogP contribution in [0, 0.1) is 6.92 Å². The topological polar surface area (TPSA) is 12.4 Å². The Balaban J connectivity index is 1.96. The molecular formula is C17H13N. The molecule has 86 valence electrons. The second-order valence-electron chi connectivity index (χ2n) is 5.01. The van der Waals surface area contributed by atoms with Gasteiger partial charge in [-0.05, 0) is 36.3 Å². The van der Waals surface area contributed by atoms with E-state index in [-0.39, 0.29) is 0 Å². The first kappa shape index (κ1) is 9.84. The summed E-state index contributed by atoms with van der Waals surface area (Å²) in [4.78, 5) is 4.76. The normalized spacial score (nSPS) is 15.4. The molecular weight excluding hydrogens is 218 g/mol. The Morgan fingerprint density at radius 3 is 2.89 bits per heavy atom. The molecule has 1 aliphatic heterocycles. The fourth-order valence-electron chi connectivity index (χ4n) is 2.79. The zero-order valence-corrected chi connectivity index (χ0v) is 10.3. The lowest BCUT2D eigenvalue weighted by Gasteiger charge is -2.15. The van der Waals surface area contributed by atoms with Gasteiger partial charge in [0.1, 0.15) is 0 Å². The zero-order valence-electron chi connectivity index (χ0n) is 10.3. The Morgan fingerprint density at radius 2 is 1.94 bits per heavy atom. The molecule has 1 heteroatoms. The minimum Gasteiger partial charge on any atom is -0.252 e. The molecule has 1 aliphatic carbocycles. The second kappa shape index (κ2) is 3.42. The van der Waals surface area contributed by atoms with Crippen LogP contribution in [0.4, 0.5) is 5.69 Å². The lowest BCUT2D eigenvalue weighted by Crippen LogP contribution is -2.08. The summed E-state index contributed by atoms with van der Waals surface area (Å²) in [7, 11) is 0. The molecule has 0 fully saturated rings. The van der Waals surface area contributed by atoms with Crippen LogP contribution < -0.4 is 0 Å². The molecule has 1 heterocycles. The van der Waals surface area contributed by atoms with Crippen LogP contribution in [0.1, 0.15) is 22.3 Å². The number of hydrogen-bond acceptors (Lipinski definition) is 1. The van der Waals surface area contributed by atoms with Crippen molar-refractivity contribution in [2.24, 2.45) is 4.99 Å². The maximum atomic E-state index is 4.76. The summed E-state index contributed by atoms with van der Waals surface area (Å²) in [5, 5.41) is 0. The minimum atomic E-state index is 0.954. The fourth-order valence-corrected chi connectivity index (χ4v) is 2.79. The van der Waals surface area contributed by atoms with Crippen LogP contribution in [0.2, 0.25) is 0 Å². The summed E-state index contributed by atoms with van der Waals surface area (Å²) in [6, 6.07) is 15.1. The van der Waals surface area contributed by atoms with Gasteiger partial charge in [0.05, 0.1) is 11.4 Å². The highest BCUT2D eigenvalue weighted by molar-refractivity contribution is 6.34. The third kappa shape index (κ3) is 1.31. The van der Waals surface area contributed by atoms with Crippen molar-refractivity contribution in [2.45, 2.75) is 13.3 Å². The lowest BCUT2D eigenvalue weighted by atomic mass is 9.88. The maximum Gasteiger partial charge on any atom is 0.0712 e. The third-order valence-electron chi connectivity index (χ3n) is 3.72. The predicted molar refractivity (Wildman–Crippen MR) is 76.3 cm³/mol. The number of aryl methyl sites for hydroxylation is 1. The summed E-state index contributed by atoms with van der Waals surface area (Å²) in [5.74, 6) is 0. The summed E-state index contributed by atoms with van der Waals surface area (Å²) in [5.41, 5.74) is 8.95. The zero-order chi connectivity index (χ0) is 12.1. The van der Waals surface area contributed by atoms with E-state index < -0.39 is 0 Å². The van der Waals surface area contributed by atoms with Crippen LogP contribution in [0.15, 0.2) is 47.5 Å². The molecule has 0 saturated carbocycles. The molecule has 2 aliphatic rings. The molecule has 0 aromatic heterocycles. The first-order valence-corrected chi connectivity index (χ1v) is 6.30. The van der Waals surface area contributed by atoms with Gasteiger partial charge in [0.15, 0.2) is 0 Å². The Hall–Kier alpha value is -2.15. The summed E-state index contributed by atoms with van der Waals surface area (Å²) in [6.45, 7) is 2.13. The van der Waals surface area contributed by atoms with Gasteiger partial charge in [0.25, 0.3) is 0 Å². The number of nitrogens with zero attached hydrogens (tertiary/aromatic N) is 1. The highest BCUT2D eigenvalue weighted by atomic mass is 14.8. The quantitative estimate of drug-likeness (QED) is 0.645. The average molecular weight is 231 g/mol. The van der Waals surface area contributed by atoms with Gasteiger partial charge in [0, 0.05) is 17.6 Å². The monoisotopic (exact) mass is 231 g/mol. The molecule has 2 aromatic rings. The first-order chi connectivity index (χ1) is 8.81. The minimum absolute atomic E-state index is 0.954. The van der Waals surface area contributed by atoms with E-state index in [9.17, 15) is 0 Å². The lowest BCUT2D eigenvalue weighted by molar-refractivity contribution is 1.31. The van der Waals surface area contributed by atoms with Crippen LogP contribution in [-0.4, -0.2) is 5.71 Å². The van der Waals surface area contributed by atoms with Crippen LogP contribution in [0.25, 0.3) is 11.6 Å². The molecule has 1 nitrogen and oxygen atoms in total. The van der Waals surface area contributed by atoms with Gasteiger partial charge in [0.2, 0.25) is 0 Å². The second-order valence-corrected chi connectivity index (χ2v) is 5.01. The van der Waals surface area contributed by atoms with Crippen LogP contribution >= 0.6 is 0 Å². The molecule has 0 unspecified atom stereocenters. The van der Waals surface area contributed by atoms with E-state index in [1.165, 1.54) is 33.5 Å². The number of rotatable bonds is 0. The number of hydrogen-bond donors (Lipinski definition) is 0. The van der Waals surface area contributed by atoms with E-state index in [4.69, 9.17) is 4.99 Å². The van der Waals surface area contributed by atoms with E-state index in [0.717, 1.165) is 12.1 Å². The highest BCUT2D eigenvalue weighted by Crippen LogP contribution is 2.40. The van der Waals surface area contributed by atoms with Gasteiger partial charge < -0.3 is 0 Å². The van der Waals surface area contributed by atoms with Gasteiger partial charge in [-0.1, -0.05) is 35.9 Å². The molecule has 2 aromatic carbocycles. The van der Waals surface area contributed by atoms with Crippen molar-refractivity contribution in [3.8, 4) is 0 Å². The highest BCUT2D eigenvalue weighted by Gasteiger charge is 2.24. The summed E-state index contributed by atoms with van der Waals surface area (Å²) >= 11 is 0. The molecule has 0 spiro atoms. The molecule has 0 bridgehead atoms. The SMILES string of the molecule is Cc1ccc2c(c1)C1=Cc3ccccc3CC1=N2. The molecule has 4 rings (SSSR count). The van der Waals surface area contributed by atoms with E-state index in [1.54, 1.807) is 0 Å². The van der Waals surface area contributed by atoms with E-state index in [0.29, 0.717) is 0 Å². The van der Waals surface area contributed by atoms with Crippen LogP contribution in [0.5, 0.6) is 0 Å². The Labute approximate surface area is 107 Å². The van der Waals surface area contributed by atoms with Crippen molar-refractivity contribution in [3.63, 3.8) is 0 Å². The molecule has 0 amide bonds. The Morgan fingerprint density at radius 1 is 1.06 bits per heavy atom. The van der Waals surface area contributed by atoms with E-state index in [1.807, 2.05) is 0 Å². The van der Waals surface area contributed by atoms with Crippen molar-refractivity contribution in [1.29, 1.82) is 0 Å². The Bertz CT molecular complexity index is 720. The van der Waals surface area contributed by atoms with Crippen LogP contribution in [-0.2, 0) is 6.42 Å². The van der Waals surface area contributed by atoms with Crippen molar-refractivity contribution >= 4 is 23.0 Å². The number of fused-ring (bicyclic) bond motifs is 4. The largest absolute Gasteiger partial charge is 0.252 e. The maximum absolute atomic E-state index is 4.76. The average Bonchev–Trinajstić information content (AvgIpc) is 2.73. The molecule has 18 heavy (non-hydrogen) atoms. The van der Waals surface area contributed by atoms with Gasteiger partial charge in [-0.3, -0.25) is 4.99 Å². The van der Waals surface area contributed by atoms with Crippen molar-refractivity contribution in [2.75, 3.05) is 0 Å². The third-order valence-corrected chi connectivity index (χ3v) is 3.72. The number of allylic oxidation sites excluding steroid dienone is 1. The van der Waals surface area contributed by atoms with Gasteiger partial charge >= 0.3 is 0 Å². The summed E-state index contributed by atoms with van der Waals surface area (Å²) in [6.07, 6.45) is 3.23. The van der Waals surface area contributed by atoms with Gasteiger partial charge in [-0.15, -0.1) is 0 Å². The predicted octanol–water partition coefficient (Wildman–Crippen LogP) is 4.18. The van der Waals surface area contributed by atoms with Crippen LogP contribution in [0.3, 0.4) is 0 Å². The fraction of sp³-hybridized carbons (Fsp3) is 0.118. The molecule has 0 N–H and O–H groups in total. The smallest absolute Gasteiger partial charge is 0.0712 e. The number of aliphatic imine (C=N–C) groups is 1. The molecule has 0 saturated heterocycles. The molecule has 0 atom stereocenters. The van der Waals surface area contributed by atoms with Crippen molar-refractivity contribution in [1.82, 2.24) is 0 Å². The van der Waals surface area contributed by atoms with Gasteiger partial charge in [-0.25, -0.2) is 0 Å². The van der Waals surface area contributed by atoms with E-state index >= 15 is 0 Å². The van der Waals surface area contributed by atoms with E-state index in [2.05, 4.69) is 55.5 Å². The molecule has 0 radical (unpaired) electrons. The van der Waals surface area contributed by atoms with Crippen molar-refractivity contribution in [3.05, 3.63) is 64.7 Å². The van der Waals surface area contributed by atoms with Crippen molar-refractivity contribution < 1.29 is 0 Å². The standard InChI is InChI=1S/C17H13N/c1-11-6-7-16-14(8-11)15-9-12-4-2-3-5-13(12)10-17(15)18-16/h2-9H,10H2,1H3. The Kier molecular flexibility index (Phi) is 1.87. The first-order valence-electron chi connectivity index (χ1n) is 6.30.